The molecule has 0 aromatic rings. The van der Waals surface area contributed by atoms with Crippen molar-refractivity contribution in [1.82, 2.24) is 0 Å². The van der Waals surface area contributed by atoms with Gasteiger partial charge in [0.05, 0.1) is 6.10 Å². The molecule has 0 spiro atoms. The summed E-state index contributed by atoms with van der Waals surface area (Å²) in [6, 6.07) is 0. The second-order valence-corrected chi connectivity index (χ2v) is 6.12. The van der Waals surface area contributed by atoms with Crippen LogP contribution in [0.4, 0.5) is 0 Å². The quantitative estimate of drug-likeness (QED) is 0.467. The monoisotopic (exact) mass is 254 g/mol. The van der Waals surface area contributed by atoms with Crippen LogP contribution in [0.15, 0.2) is 12.2 Å². The molecular formula is C16H30O2. The third kappa shape index (κ3) is 7.65. The third-order valence-electron chi connectivity index (χ3n) is 3.44. The number of ketones is 1. The minimum atomic E-state index is -0.473. The summed E-state index contributed by atoms with van der Waals surface area (Å²) >= 11 is 0. The van der Waals surface area contributed by atoms with Crippen molar-refractivity contribution in [3.63, 3.8) is 0 Å². The molecular weight excluding hydrogens is 224 g/mol. The largest absolute Gasteiger partial charge is 0.393 e. The van der Waals surface area contributed by atoms with Crippen LogP contribution in [0.1, 0.15) is 72.6 Å². The normalized spacial score (nSPS) is 13.4. The lowest BCUT2D eigenvalue weighted by Gasteiger charge is -2.23. The van der Waals surface area contributed by atoms with Gasteiger partial charge in [0.2, 0.25) is 0 Å². The van der Waals surface area contributed by atoms with E-state index in [9.17, 15) is 9.90 Å². The molecule has 0 saturated carbocycles. The Kier molecular flexibility index (Phi) is 8.17. The highest BCUT2D eigenvalue weighted by Gasteiger charge is 2.27. The van der Waals surface area contributed by atoms with Crippen LogP contribution in [0.25, 0.3) is 0 Å². The first-order valence-electron chi connectivity index (χ1n) is 7.15. The van der Waals surface area contributed by atoms with Crippen molar-refractivity contribution in [2.24, 2.45) is 5.41 Å². The average Bonchev–Trinajstić information content (AvgIpc) is 2.24. The third-order valence-corrected chi connectivity index (χ3v) is 3.44. The maximum Gasteiger partial charge on any atom is 0.141 e. The van der Waals surface area contributed by atoms with Crippen LogP contribution < -0.4 is 0 Å². The fourth-order valence-electron chi connectivity index (χ4n) is 2.16. The first-order valence-corrected chi connectivity index (χ1v) is 7.15. The molecule has 0 bridgehead atoms. The van der Waals surface area contributed by atoms with Gasteiger partial charge in [-0.2, -0.15) is 0 Å². The van der Waals surface area contributed by atoms with Crippen molar-refractivity contribution in [2.45, 2.75) is 78.7 Å². The number of aliphatic hydroxyl groups excluding tert-OH is 1. The number of rotatable bonds is 10. The van der Waals surface area contributed by atoms with Crippen molar-refractivity contribution in [3.8, 4) is 0 Å². The van der Waals surface area contributed by atoms with Crippen LogP contribution in [0.2, 0.25) is 0 Å². The van der Waals surface area contributed by atoms with Crippen molar-refractivity contribution in [3.05, 3.63) is 12.2 Å². The Hall–Kier alpha value is -0.630. The van der Waals surface area contributed by atoms with E-state index >= 15 is 0 Å². The first kappa shape index (κ1) is 17.4. The summed E-state index contributed by atoms with van der Waals surface area (Å²) in [6.45, 7) is 11.9. The summed E-state index contributed by atoms with van der Waals surface area (Å²) in [5.74, 6) is 0.191. The molecule has 0 aliphatic heterocycles. The molecule has 0 saturated heterocycles. The zero-order valence-electron chi connectivity index (χ0n) is 12.6. The Bertz CT molecular complexity index is 266. The van der Waals surface area contributed by atoms with Gasteiger partial charge in [-0.3, -0.25) is 4.79 Å². The van der Waals surface area contributed by atoms with Gasteiger partial charge in [0.15, 0.2) is 0 Å². The van der Waals surface area contributed by atoms with Crippen molar-refractivity contribution >= 4 is 5.78 Å². The smallest absolute Gasteiger partial charge is 0.141 e. The molecule has 18 heavy (non-hydrogen) atoms. The minimum Gasteiger partial charge on any atom is -0.393 e. The molecule has 0 radical (unpaired) electrons. The van der Waals surface area contributed by atoms with Crippen molar-refractivity contribution in [2.75, 3.05) is 0 Å². The Morgan fingerprint density at radius 3 is 2.44 bits per heavy atom. The Morgan fingerprint density at radius 2 is 1.94 bits per heavy atom. The van der Waals surface area contributed by atoms with Gasteiger partial charge in [0, 0.05) is 11.8 Å². The highest BCUT2D eigenvalue weighted by atomic mass is 16.3. The van der Waals surface area contributed by atoms with E-state index in [0.717, 1.165) is 38.5 Å². The van der Waals surface area contributed by atoms with Crippen LogP contribution in [0, 0.1) is 5.41 Å². The number of aliphatic hydroxyl groups is 1. The van der Waals surface area contributed by atoms with Crippen molar-refractivity contribution in [1.29, 1.82) is 0 Å². The number of unbranched alkanes of at least 4 members (excludes halogenated alkanes) is 1. The van der Waals surface area contributed by atoms with E-state index in [-0.39, 0.29) is 11.2 Å². The van der Waals surface area contributed by atoms with E-state index < -0.39 is 6.10 Å². The van der Waals surface area contributed by atoms with Gasteiger partial charge in [-0.05, 0) is 32.6 Å². The number of Topliss-reactive ketones (excluding diaryl/α,β-unsaturated/α-hetero) is 1. The highest BCUT2D eigenvalue weighted by molar-refractivity contribution is 5.84. The Morgan fingerprint density at radius 1 is 1.33 bits per heavy atom. The number of hydrogen-bond donors (Lipinski definition) is 1. The van der Waals surface area contributed by atoms with E-state index in [1.807, 2.05) is 20.8 Å². The molecule has 0 amide bonds. The van der Waals surface area contributed by atoms with Gasteiger partial charge in [-0.1, -0.05) is 39.2 Å². The van der Waals surface area contributed by atoms with Gasteiger partial charge in [-0.15, -0.1) is 6.58 Å². The lowest BCUT2D eigenvalue weighted by molar-refractivity contribution is -0.129. The molecule has 1 N–H and O–H groups in total. The summed E-state index contributed by atoms with van der Waals surface area (Å²) in [5.41, 5.74) is 0.901. The number of carbonyl (C=O) groups is 1. The summed E-state index contributed by atoms with van der Waals surface area (Å²) in [4.78, 5) is 12.0. The summed E-state index contributed by atoms with van der Waals surface area (Å²) in [5, 5.41) is 9.87. The Balaban J connectivity index is 3.90. The Labute approximate surface area is 112 Å². The van der Waals surface area contributed by atoms with Gasteiger partial charge in [0.1, 0.15) is 5.78 Å². The van der Waals surface area contributed by atoms with E-state index in [0.29, 0.717) is 6.42 Å². The number of carbonyl (C=O) groups excluding carboxylic acids is 1. The molecule has 0 aliphatic rings. The predicted octanol–water partition coefficient (Wildman–Crippen LogP) is 4.27. The predicted molar refractivity (Wildman–Crippen MR) is 77.6 cm³/mol. The second-order valence-electron chi connectivity index (χ2n) is 6.12. The van der Waals surface area contributed by atoms with Gasteiger partial charge >= 0.3 is 0 Å². The zero-order valence-corrected chi connectivity index (χ0v) is 12.6. The topological polar surface area (TPSA) is 37.3 Å². The molecule has 106 valence electrons. The summed E-state index contributed by atoms with van der Waals surface area (Å²) in [6.07, 6.45) is 5.50. The highest BCUT2D eigenvalue weighted by Crippen LogP contribution is 2.26. The molecule has 0 rings (SSSR count). The van der Waals surface area contributed by atoms with Gasteiger partial charge in [0.25, 0.3) is 0 Å². The molecule has 0 fully saturated rings. The number of allylic oxidation sites excluding steroid dienone is 1. The van der Waals surface area contributed by atoms with Crippen LogP contribution in [-0.2, 0) is 4.79 Å². The second kappa shape index (κ2) is 8.47. The lowest BCUT2D eigenvalue weighted by atomic mass is 9.81. The fourth-order valence-corrected chi connectivity index (χ4v) is 2.16. The SMILES string of the molecule is C=C(C)CCCCC(O)CC(=O)C(C)(C)CCC. The van der Waals surface area contributed by atoms with Gasteiger partial charge in [-0.25, -0.2) is 0 Å². The van der Waals surface area contributed by atoms with E-state index in [2.05, 4.69) is 13.5 Å². The summed E-state index contributed by atoms with van der Waals surface area (Å²) < 4.78 is 0. The maximum atomic E-state index is 12.0. The van der Waals surface area contributed by atoms with Crippen LogP contribution in [0.3, 0.4) is 0 Å². The maximum absolute atomic E-state index is 12.0. The van der Waals surface area contributed by atoms with E-state index in [1.165, 1.54) is 5.57 Å². The zero-order chi connectivity index (χ0) is 14.2. The van der Waals surface area contributed by atoms with E-state index in [1.54, 1.807) is 0 Å². The molecule has 0 heterocycles. The molecule has 0 aromatic carbocycles. The van der Waals surface area contributed by atoms with E-state index in [4.69, 9.17) is 0 Å². The lowest BCUT2D eigenvalue weighted by Crippen LogP contribution is -2.27. The van der Waals surface area contributed by atoms with Crippen molar-refractivity contribution < 1.29 is 9.90 Å². The molecule has 2 nitrogen and oxygen atoms in total. The average molecular weight is 254 g/mol. The van der Waals surface area contributed by atoms with Crippen LogP contribution in [0.5, 0.6) is 0 Å². The number of hydrogen-bond acceptors (Lipinski definition) is 2. The molecule has 0 aliphatic carbocycles. The molecule has 1 unspecified atom stereocenters. The molecule has 0 aromatic heterocycles. The van der Waals surface area contributed by atoms with Gasteiger partial charge < -0.3 is 5.11 Å². The molecule has 1 atom stereocenters. The molecule has 2 heteroatoms. The standard InChI is InChI=1S/C16H30O2/c1-6-11-16(4,5)15(18)12-14(17)10-8-7-9-13(2)3/h14,17H,2,6-12H2,1,3-5H3. The van der Waals surface area contributed by atoms with Crippen LogP contribution >= 0.6 is 0 Å². The minimum absolute atomic E-state index is 0.191. The van der Waals surface area contributed by atoms with Crippen LogP contribution in [-0.4, -0.2) is 17.0 Å². The fraction of sp³-hybridized carbons (Fsp3) is 0.812. The summed E-state index contributed by atoms with van der Waals surface area (Å²) in [7, 11) is 0. The first-order chi connectivity index (χ1) is 8.29.